The molecule has 1 saturated carbocycles. The molecule has 0 amide bonds. The van der Waals surface area contributed by atoms with E-state index in [4.69, 9.17) is 11.6 Å². The number of carbonyl (C=O) groups is 1. The summed E-state index contributed by atoms with van der Waals surface area (Å²) in [5.41, 5.74) is 0.303. The van der Waals surface area contributed by atoms with Crippen LogP contribution in [0.2, 0.25) is 5.02 Å². The first-order chi connectivity index (χ1) is 9.85. The zero-order chi connectivity index (χ0) is 15.6. The Bertz CT molecular complexity index is 532. The Labute approximate surface area is 131 Å². The number of carbonyl (C=O) groups excluding carboxylic acids is 1. The topological polar surface area (TPSA) is 20.3 Å². The zero-order valence-corrected chi connectivity index (χ0v) is 13.7. The molecule has 0 aliphatic heterocycles. The third-order valence-corrected chi connectivity index (χ3v) is 5.07. The molecule has 2 unspecified atom stereocenters. The fourth-order valence-electron chi connectivity index (χ4n) is 3.43. The maximum Gasteiger partial charge on any atom is 0.157 e. The van der Waals surface area contributed by atoms with E-state index in [1.165, 1.54) is 18.6 Å². The molecule has 1 fully saturated rings. The summed E-state index contributed by atoms with van der Waals surface area (Å²) in [4.78, 5) is 15.0. The van der Waals surface area contributed by atoms with E-state index in [-0.39, 0.29) is 18.0 Å². The number of rotatable bonds is 4. The Morgan fingerprint density at radius 1 is 1.48 bits per heavy atom. The van der Waals surface area contributed by atoms with E-state index in [2.05, 4.69) is 11.8 Å². The minimum Gasteiger partial charge on any atom is -0.297 e. The van der Waals surface area contributed by atoms with Gasteiger partial charge in [0.05, 0.1) is 5.54 Å². The number of halogens is 2. The van der Waals surface area contributed by atoms with Crippen LogP contribution in [0.15, 0.2) is 18.2 Å². The van der Waals surface area contributed by atoms with Crippen molar-refractivity contribution in [2.45, 2.75) is 44.6 Å². The van der Waals surface area contributed by atoms with E-state index >= 15 is 0 Å². The number of hydrogen-bond donors (Lipinski definition) is 0. The van der Waals surface area contributed by atoms with Crippen LogP contribution in [0, 0.1) is 11.7 Å². The summed E-state index contributed by atoms with van der Waals surface area (Å²) in [5.74, 6) is 0.367. The standard InChI is InChI=1S/C17H23ClFNO/c1-12-5-4-8-17(11-12,20(2)3)16(21)9-13-6-7-14(19)10-15(13)18/h6-7,10,12H,4-5,8-9,11H2,1-3H3. The van der Waals surface area contributed by atoms with Crippen molar-refractivity contribution in [1.29, 1.82) is 0 Å². The van der Waals surface area contributed by atoms with Crippen molar-refractivity contribution in [2.75, 3.05) is 14.1 Å². The normalized spacial score (nSPS) is 26.1. The molecule has 2 nitrogen and oxygen atoms in total. The number of benzene rings is 1. The van der Waals surface area contributed by atoms with Gasteiger partial charge < -0.3 is 0 Å². The minimum atomic E-state index is -0.407. The van der Waals surface area contributed by atoms with Gasteiger partial charge in [-0.15, -0.1) is 0 Å². The molecule has 4 heteroatoms. The maximum atomic E-state index is 13.1. The molecule has 2 rings (SSSR count). The predicted molar refractivity (Wildman–Crippen MR) is 84.2 cm³/mol. The lowest BCUT2D eigenvalue weighted by atomic mass is 9.72. The van der Waals surface area contributed by atoms with E-state index < -0.39 is 5.54 Å². The molecular weight excluding hydrogens is 289 g/mol. The van der Waals surface area contributed by atoms with Gasteiger partial charge >= 0.3 is 0 Å². The minimum absolute atomic E-state index is 0.188. The molecule has 0 bridgehead atoms. The summed E-state index contributed by atoms with van der Waals surface area (Å²) in [6, 6.07) is 4.25. The van der Waals surface area contributed by atoms with E-state index in [0.717, 1.165) is 19.3 Å². The first kappa shape index (κ1) is 16.4. The summed E-state index contributed by atoms with van der Waals surface area (Å²) in [6.45, 7) is 2.20. The highest BCUT2D eigenvalue weighted by molar-refractivity contribution is 6.31. The van der Waals surface area contributed by atoms with Crippen molar-refractivity contribution >= 4 is 17.4 Å². The van der Waals surface area contributed by atoms with Crippen molar-refractivity contribution < 1.29 is 9.18 Å². The summed E-state index contributed by atoms with van der Waals surface area (Å²) in [5, 5.41) is 0.334. The van der Waals surface area contributed by atoms with Crippen molar-refractivity contribution in [1.82, 2.24) is 4.90 Å². The van der Waals surface area contributed by atoms with E-state index in [1.807, 2.05) is 14.1 Å². The molecule has 1 aromatic rings. The maximum absolute atomic E-state index is 13.1. The van der Waals surface area contributed by atoms with Crippen LogP contribution in [0.25, 0.3) is 0 Å². The first-order valence-electron chi connectivity index (χ1n) is 7.50. The number of Topliss-reactive ketones (excluding diaryl/α,β-unsaturated/α-hetero) is 1. The summed E-state index contributed by atoms with van der Waals surface area (Å²) in [7, 11) is 3.95. The van der Waals surface area contributed by atoms with Crippen molar-refractivity contribution in [3.8, 4) is 0 Å². The molecule has 1 aromatic carbocycles. The van der Waals surface area contributed by atoms with Crippen LogP contribution in [0.1, 0.15) is 38.2 Å². The number of nitrogens with zero attached hydrogens (tertiary/aromatic N) is 1. The number of ketones is 1. The second-order valence-electron chi connectivity index (χ2n) is 6.46. The smallest absolute Gasteiger partial charge is 0.157 e. The Kier molecular flexibility index (Phi) is 5.05. The van der Waals surface area contributed by atoms with Gasteiger partial charge in [0.2, 0.25) is 0 Å². The molecule has 0 aromatic heterocycles. The average Bonchev–Trinajstić information content (AvgIpc) is 2.41. The molecule has 1 aliphatic rings. The Balaban J connectivity index is 2.23. The second kappa shape index (κ2) is 6.45. The molecule has 2 atom stereocenters. The van der Waals surface area contributed by atoms with Gasteiger partial charge in [0.1, 0.15) is 5.82 Å². The molecule has 0 radical (unpaired) electrons. The van der Waals surface area contributed by atoms with E-state index in [0.29, 0.717) is 16.5 Å². The van der Waals surface area contributed by atoms with Crippen LogP contribution >= 0.6 is 11.6 Å². The summed E-state index contributed by atoms with van der Waals surface area (Å²) < 4.78 is 13.1. The lowest BCUT2D eigenvalue weighted by Crippen LogP contribution is -2.54. The second-order valence-corrected chi connectivity index (χ2v) is 6.87. The fraction of sp³-hybridized carbons (Fsp3) is 0.588. The Morgan fingerprint density at radius 2 is 2.19 bits per heavy atom. The van der Waals surface area contributed by atoms with Gasteiger partial charge in [0, 0.05) is 11.4 Å². The summed E-state index contributed by atoms with van der Waals surface area (Å²) in [6.07, 6.45) is 4.30. The molecule has 21 heavy (non-hydrogen) atoms. The van der Waals surface area contributed by atoms with Gasteiger partial charge in [-0.3, -0.25) is 9.69 Å². The van der Waals surface area contributed by atoms with Crippen LogP contribution in [0.3, 0.4) is 0 Å². The van der Waals surface area contributed by atoms with Gasteiger partial charge in [-0.2, -0.15) is 0 Å². The number of likely N-dealkylation sites (N-methyl/N-ethyl adjacent to an activating group) is 1. The molecule has 0 spiro atoms. The van der Waals surface area contributed by atoms with Crippen LogP contribution in [-0.4, -0.2) is 30.3 Å². The Morgan fingerprint density at radius 3 is 2.76 bits per heavy atom. The summed E-state index contributed by atoms with van der Waals surface area (Å²) >= 11 is 6.06. The van der Waals surface area contributed by atoms with E-state index in [1.54, 1.807) is 6.07 Å². The highest BCUT2D eigenvalue weighted by Crippen LogP contribution is 2.37. The van der Waals surface area contributed by atoms with Crippen LogP contribution in [0.4, 0.5) is 4.39 Å². The van der Waals surface area contributed by atoms with Crippen LogP contribution < -0.4 is 0 Å². The third kappa shape index (κ3) is 3.46. The molecule has 1 aliphatic carbocycles. The van der Waals surface area contributed by atoms with Crippen molar-refractivity contribution in [3.05, 3.63) is 34.6 Å². The highest BCUT2D eigenvalue weighted by atomic mass is 35.5. The Hall–Kier alpha value is -0.930. The monoisotopic (exact) mass is 311 g/mol. The van der Waals surface area contributed by atoms with Crippen LogP contribution in [-0.2, 0) is 11.2 Å². The average molecular weight is 312 g/mol. The highest BCUT2D eigenvalue weighted by Gasteiger charge is 2.43. The predicted octanol–water partition coefficient (Wildman–Crippen LogP) is 4.10. The van der Waals surface area contributed by atoms with Gasteiger partial charge in [-0.1, -0.05) is 37.4 Å². The quantitative estimate of drug-likeness (QED) is 0.834. The van der Waals surface area contributed by atoms with E-state index in [9.17, 15) is 9.18 Å². The first-order valence-corrected chi connectivity index (χ1v) is 7.87. The largest absolute Gasteiger partial charge is 0.297 e. The lowest BCUT2D eigenvalue weighted by Gasteiger charge is -2.44. The molecule has 116 valence electrons. The number of hydrogen-bond acceptors (Lipinski definition) is 2. The molecule has 0 saturated heterocycles. The van der Waals surface area contributed by atoms with Gasteiger partial charge in [-0.05, 0) is 50.6 Å². The molecule has 0 N–H and O–H groups in total. The molecular formula is C17H23ClFNO. The van der Waals surface area contributed by atoms with Crippen molar-refractivity contribution in [2.24, 2.45) is 5.92 Å². The van der Waals surface area contributed by atoms with Gasteiger partial charge in [0.15, 0.2) is 5.78 Å². The van der Waals surface area contributed by atoms with Crippen LogP contribution in [0.5, 0.6) is 0 Å². The SMILES string of the molecule is CC1CCCC(C(=O)Cc2ccc(F)cc2Cl)(N(C)C)C1. The third-order valence-electron chi connectivity index (χ3n) is 4.71. The van der Waals surface area contributed by atoms with Gasteiger partial charge in [0.25, 0.3) is 0 Å². The molecule has 0 heterocycles. The van der Waals surface area contributed by atoms with Gasteiger partial charge in [-0.25, -0.2) is 4.39 Å². The zero-order valence-electron chi connectivity index (χ0n) is 13.0. The van der Waals surface area contributed by atoms with Crippen molar-refractivity contribution in [3.63, 3.8) is 0 Å². The fourth-order valence-corrected chi connectivity index (χ4v) is 3.67. The lowest BCUT2D eigenvalue weighted by molar-refractivity contribution is -0.132.